The molecule has 1 aliphatic rings. The Labute approximate surface area is 317 Å². The van der Waals surface area contributed by atoms with E-state index in [1.165, 1.54) is 0 Å². The SMILES string of the molecule is C[SiH2]O[Si](C)(C)O[Si](C)(CCCOCC(O)CN1CCN(CC(O)COCCC[Si](C)(O[Si](C)(C)C)O[Si](C)(C)O[SiH2]C)CC1)O[Si](C)(C)C. The van der Waals surface area contributed by atoms with Crippen molar-refractivity contribution in [2.45, 2.75) is 129 Å². The van der Waals surface area contributed by atoms with Crippen molar-refractivity contribution in [1.82, 2.24) is 9.80 Å². The Balaban J connectivity index is 2.34. The summed E-state index contributed by atoms with van der Waals surface area (Å²) in [5, 5.41) is 21.3. The molecule has 1 fully saturated rings. The van der Waals surface area contributed by atoms with Gasteiger partial charge in [0.15, 0.2) is 16.6 Å². The van der Waals surface area contributed by atoms with Crippen molar-refractivity contribution in [3.05, 3.63) is 0 Å². The third kappa shape index (κ3) is 23.9. The van der Waals surface area contributed by atoms with Crippen LogP contribution in [0, 0.1) is 0 Å². The van der Waals surface area contributed by atoms with Gasteiger partial charge in [-0.1, -0.05) is 13.1 Å². The standard InChI is InChI=1S/C30H78N2O10Si8/c1-43-37-47(9,10)41-49(13,39-45(3,4)5)23-15-21-35-27-29(33)25-31-17-19-32(20-18-31)26-30(34)28-36-22-16-24-50(14,40-46(6,7)8)42-48(11,12)38-44-2/h29-30,33-34H,15-28,43-44H2,1-14H3. The summed E-state index contributed by atoms with van der Waals surface area (Å²) in [5.74, 6) is 0. The topological polar surface area (TPSA) is 121 Å². The van der Waals surface area contributed by atoms with E-state index >= 15 is 0 Å². The second kappa shape index (κ2) is 22.7. The number of hydrogen-bond donors (Lipinski definition) is 2. The number of piperazine rings is 1. The maximum absolute atomic E-state index is 10.7. The Morgan fingerprint density at radius 1 is 0.540 bits per heavy atom. The summed E-state index contributed by atoms with van der Waals surface area (Å²) in [6, 6.07) is 1.72. The molecule has 0 aromatic carbocycles. The minimum Gasteiger partial charge on any atom is -0.442 e. The smallest absolute Gasteiger partial charge is 0.315 e. The molecule has 12 nitrogen and oxygen atoms in total. The van der Waals surface area contributed by atoms with Gasteiger partial charge in [0.05, 0.1) is 25.4 Å². The molecule has 2 N–H and O–H groups in total. The van der Waals surface area contributed by atoms with Crippen molar-refractivity contribution in [2.24, 2.45) is 0 Å². The molecule has 0 amide bonds. The van der Waals surface area contributed by atoms with Crippen molar-refractivity contribution in [2.75, 3.05) is 65.7 Å². The maximum atomic E-state index is 10.7. The molecular weight excluding hydrogens is 773 g/mol. The molecule has 300 valence electrons. The lowest BCUT2D eigenvalue weighted by atomic mass is 10.2. The largest absolute Gasteiger partial charge is 0.442 e. The molecule has 4 atom stereocenters. The lowest BCUT2D eigenvalue weighted by Gasteiger charge is -2.39. The Hall–Kier alpha value is 1.26. The van der Waals surface area contributed by atoms with Gasteiger partial charge in [-0.15, -0.1) is 0 Å². The fourth-order valence-electron chi connectivity index (χ4n) is 6.62. The number of β-amino-alcohol motifs (C(OH)–C–C–N with tert-alkyl or cyclic N) is 2. The van der Waals surface area contributed by atoms with Crippen LogP contribution in [-0.4, -0.2) is 168 Å². The second-order valence-electron chi connectivity index (χ2n) is 16.8. The Morgan fingerprint density at radius 3 is 1.14 bits per heavy atom. The van der Waals surface area contributed by atoms with Crippen LogP contribution in [0.5, 0.6) is 0 Å². The third-order valence-corrected chi connectivity index (χ3v) is 33.9. The zero-order chi connectivity index (χ0) is 38.3. The first-order valence-electron chi connectivity index (χ1n) is 18.9. The van der Waals surface area contributed by atoms with E-state index in [0.717, 1.165) is 51.1 Å². The van der Waals surface area contributed by atoms with Crippen LogP contribution in [-0.2, 0) is 34.2 Å². The van der Waals surface area contributed by atoms with E-state index in [1.54, 1.807) is 0 Å². The number of aliphatic hydroxyl groups is 2. The number of aliphatic hydroxyl groups excluding tert-OH is 2. The third-order valence-electron chi connectivity index (χ3n) is 7.81. The van der Waals surface area contributed by atoms with Gasteiger partial charge >= 0.3 is 34.2 Å². The Kier molecular flexibility index (Phi) is 22.4. The van der Waals surface area contributed by atoms with Crippen LogP contribution >= 0.6 is 0 Å². The number of ether oxygens (including phenoxy) is 2. The van der Waals surface area contributed by atoms with Gasteiger partial charge in [0.2, 0.25) is 0 Å². The predicted molar refractivity (Wildman–Crippen MR) is 226 cm³/mol. The summed E-state index contributed by atoms with van der Waals surface area (Å²) in [6.07, 6.45) is 0.621. The number of nitrogens with zero attached hydrogens (tertiary/aromatic N) is 2. The summed E-state index contributed by atoms with van der Waals surface area (Å²) < 4.78 is 50.5. The molecule has 1 heterocycles. The van der Waals surface area contributed by atoms with Crippen LogP contribution in [0.2, 0.25) is 104 Å². The van der Waals surface area contributed by atoms with Crippen LogP contribution in [0.3, 0.4) is 0 Å². The van der Waals surface area contributed by atoms with Crippen LogP contribution in [0.4, 0.5) is 0 Å². The highest BCUT2D eigenvalue weighted by Gasteiger charge is 2.43. The van der Waals surface area contributed by atoms with Crippen LogP contribution < -0.4 is 0 Å². The van der Waals surface area contributed by atoms with E-state index in [9.17, 15) is 10.2 Å². The minimum absolute atomic E-state index is 0.320. The Bertz CT molecular complexity index is 857. The first-order chi connectivity index (χ1) is 22.9. The molecule has 0 aromatic heterocycles. The molecule has 0 spiro atoms. The summed E-state index contributed by atoms with van der Waals surface area (Å²) in [4.78, 5) is 4.56. The molecule has 1 saturated heterocycles. The molecule has 1 aliphatic heterocycles. The first kappa shape index (κ1) is 49.3. The molecule has 0 aliphatic carbocycles. The van der Waals surface area contributed by atoms with Gasteiger partial charge in [-0.3, -0.25) is 9.80 Å². The van der Waals surface area contributed by atoms with Gasteiger partial charge < -0.3 is 44.4 Å². The quantitative estimate of drug-likeness (QED) is 0.0883. The van der Waals surface area contributed by atoms with E-state index in [4.69, 9.17) is 34.2 Å². The van der Waals surface area contributed by atoms with Gasteiger partial charge in [0, 0.05) is 52.5 Å². The first-order valence-corrected chi connectivity index (χ1v) is 40.4. The fourth-order valence-corrected chi connectivity index (χ4v) is 36.7. The van der Waals surface area contributed by atoms with Crippen LogP contribution in [0.1, 0.15) is 12.8 Å². The summed E-state index contributed by atoms with van der Waals surface area (Å²) in [6.45, 7) is 36.8. The van der Waals surface area contributed by atoms with Crippen molar-refractivity contribution >= 4 is 70.4 Å². The normalized spacial score (nSPS) is 20.2. The van der Waals surface area contributed by atoms with Gasteiger partial charge in [-0.2, -0.15) is 0 Å². The average Bonchev–Trinajstić information content (AvgIpc) is 2.90. The lowest BCUT2D eigenvalue weighted by Crippen LogP contribution is -2.54. The summed E-state index contributed by atoms with van der Waals surface area (Å²) in [5.41, 5.74) is 0. The van der Waals surface area contributed by atoms with Crippen molar-refractivity contribution in [3.8, 4) is 0 Å². The van der Waals surface area contributed by atoms with Crippen molar-refractivity contribution in [1.29, 1.82) is 0 Å². The van der Waals surface area contributed by atoms with Gasteiger partial charge in [-0.25, -0.2) is 0 Å². The number of rotatable bonds is 28. The van der Waals surface area contributed by atoms with Gasteiger partial charge in [0.25, 0.3) is 0 Å². The van der Waals surface area contributed by atoms with E-state index in [-0.39, 0.29) is 0 Å². The van der Waals surface area contributed by atoms with E-state index in [2.05, 4.69) is 101 Å². The highest BCUT2D eigenvalue weighted by molar-refractivity contribution is 6.88. The van der Waals surface area contributed by atoms with Crippen LogP contribution in [0.25, 0.3) is 0 Å². The molecule has 1 rings (SSSR count). The van der Waals surface area contributed by atoms with Crippen LogP contribution in [0.15, 0.2) is 0 Å². The van der Waals surface area contributed by atoms with Crippen molar-refractivity contribution in [3.63, 3.8) is 0 Å². The van der Waals surface area contributed by atoms with Gasteiger partial charge in [-0.05, 0) is 103 Å². The number of hydrogen-bond acceptors (Lipinski definition) is 12. The molecular formula is C30H78N2O10Si8. The van der Waals surface area contributed by atoms with Crippen molar-refractivity contribution < 1.29 is 44.4 Å². The molecule has 50 heavy (non-hydrogen) atoms. The molecule has 0 radical (unpaired) electrons. The lowest BCUT2D eigenvalue weighted by molar-refractivity contribution is -0.00869. The molecule has 20 heteroatoms. The maximum Gasteiger partial charge on any atom is 0.315 e. The molecule has 0 aromatic rings. The predicted octanol–water partition coefficient (Wildman–Crippen LogP) is 3.72. The van der Waals surface area contributed by atoms with E-state index < -0.39 is 82.6 Å². The van der Waals surface area contributed by atoms with Gasteiger partial charge in [0.1, 0.15) is 19.5 Å². The van der Waals surface area contributed by atoms with E-state index in [1.807, 2.05) is 0 Å². The minimum atomic E-state index is -2.39. The van der Waals surface area contributed by atoms with E-state index in [0.29, 0.717) is 39.5 Å². The summed E-state index contributed by atoms with van der Waals surface area (Å²) >= 11 is 0. The fraction of sp³-hybridized carbons (Fsp3) is 1.00. The Morgan fingerprint density at radius 2 is 0.860 bits per heavy atom. The molecule has 0 saturated carbocycles. The monoisotopic (exact) mass is 850 g/mol. The second-order valence-corrected chi connectivity index (χ2v) is 43.1. The highest BCUT2D eigenvalue weighted by atomic mass is 28.5. The zero-order valence-electron chi connectivity index (χ0n) is 34.5. The summed E-state index contributed by atoms with van der Waals surface area (Å²) in [7, 11) is -13.8. The molecule has 0 bridgehead atoms. The average molecular weight is 852 g/mol. The zero-order valence-corrected chi connectivity index (χ0v) is 43.4. The highest BCUT2D eigenvalue weighted by Crippen LogP contribution is 2.27. The molecule has 4 unspecified atom stereocenters.